The van der Waals surface area contributed by atoms with Gasteiger partial charge in [-0.25, -0.2) is 14.6 Å². The van der Waals surface area contributed by atoms with Crippen LogP contribution in [-0.4, -0.2) is 38.9 Å². The molecule has 1 aromatic carbocycles. The number of para-hydroxylation sites is 1. The van der Waals surface area contributed by atoms with Gasteiger partial charge in [-0.3, -0.25) is 0 Å². The Balaban J connectivity index is 1.60. The van der Waals surface area contributed by atoms with Crippen molar-refractivity contribution < 1.29 is 0 Å². The average molecular weight is 387 g/mol. The van der Waals surface area contributed by atoms with Gasteiger partial charge < -0.3 is 10.2 Å². The van der Waals surface area contributed by atoms with Gasteiger partial charge in [0.2, 0.25) is 0 Å². The molecule has 0 spiro atoms. The highest BCUT2D eigenvalue weighted by Crippen LogP contribution is 2.31. The van der Waals surface area contributed by atoms with E-state index in [2.05, 4.69) is 65.5 Å². The average Bonchev–Trinajstić information content (AvgIpc) is 2.91. The van der Waals surface area contributed by atoms with E-state index in [0.717, 1.165) is 47.4 Å². The molecule has 1 N–H and O–H groups in total. The lowest BCUT2D eigenvalue weighted by molar-refractivity contribution is 0.527. The largest absolute Gasteiger partial charge is 0.381 e. The van der Waals surface area contributed by atoms with Gasteiger partial charge in [0, 0.05) is 31.9 Å². The number of nitrogens with one attached hydrogen (secondary N) is 1. The second-order valence-electron chi connectivity index (χ2n) is 6.11. The van der Waals surface area contributed by atoms with E-state index < -0.39 is 0 Å². The summed E-state index contributed by atoms with van der Waals surface area (Å²) in [7, 11) is 1.90. The maximum absolute atomic E-state index is 4.55. The Kier molecular flexibility index (Phi) is 4.10. The smallest absolute Gasteiger partial charge is 0.164 e. The first kappa shape index (κ1) is 15.4. The summed E-state index contributed by atoms with van der Waals surface area (Å²) in [6, 6.07) is 10.8. The van der Waals surface area contributed by atoms with Crippen molar-refractivity contribution in [2.75, 3.05) is 23.3 Å². The fraction of sp³-hybridized carbons (Fsp3) is 0.353. The molecular weight excluding hydrogens is 368 g/mol. The van der Waals surface area contributed by atoms with Crippen molar-refractivity contribution in [3.8, 4) is 0 Å². The van der Waals surface area contributed by atoms with Crippen molar-refractivity contribution in [2.24, 2.45) is 7.05 Å². The molecule has 1 unspecified atom stereocenters. The summed E-state index contributed by atoms with van der Waals surface area (Å²) >= 11 is 3.55. The standard InChI is InChI=1S/C17H19BrN6/c1-23-16-14(15(18)22-23)17(20-11-19-16)24-9-5-8-13(10-24)21-12-6-3-2-4-7-12/h2-4,6-7,11,13,21H,5,8-10H2,1H3. The third-order valence-electron chi connectivity index (χ3n) is 4.42. The molecule has 0 radical (unpaired) electrons. The summed E-state index contributed by atoms with van der Waals surface area (Å²) < 4.78 is 2.59. The van der Waals surface area contributed by atoms with Crippen LogP contribution in [0.3, 0.4) is 0 Å². The predicted octanol–water partition coefficient (Wildman–Crippen LogP) is 3.21. The third-order valence-corrected chi connectivity index (χ3v) is 4.98. The molecule has 124 valence electrons. The molecule has 0 saturated carbocycles. The molecule has 7 heteroatoms. The highest BCUT2D eigenvalue weighted by molar-refractivity contribution is 9.10. The number of anilines is 2. The number of piperidine rings is 1. The van der Waals surface area contributed by atoms with Crippen molar-refractivity contribution >= 4 is 38.5 Å². The Morgan fingerprint density at radius 2 is 2.04 bits per heavy atom. The summed E-state index contributed by atoms with van der Waals surface area (Å²) in [6.45, 7) is 1.92. The van der Waals surface area contributed by atoms with Gasteiger partial charge in [0.25, 0.3) is 0 Å². The number of aryl methyl sites for hydroxylation is 1. The Morgan fingerprint density at radius 3 is 2.88 bits per heavy atom. The fourth-order valence-corrected chi connectivity index (χ4v) is 3.92. The zero-order valence-corrected chi connectivity index (χ0v) is 15.1. The topological polar surface area (TPSA) is 58.9 Å². The van der Waals surface area contributed by atoms with E-state index >= 15 is 0 Å². The second kappa shape index (κ2) is 6.39. The van der Waals surface area contributed by atoms with Gasteiger partial charge in [0.05, 0.1) is 5.39 Å². The number of benzene rings is 1. The third kappa shape index (κ3) is 2.84. The van der Waals surface area contributed by atoms with E-state index in [0.29, 0.717) is 6.04 Å². The number of fused-ring (bicyclic) bond motifs is 1. The fourth-order valence-electron chi connectivity index (χ4n) is 3.32. The van der Waals surface area contributed by atoms with E-state index in [-0.39, 0.29) is 0 Å². The molecule has 3 aromatic rings. The molecule has 0 aliphatic carbocycles. The molecule has 1 aliphatic heterocycles. The van der Waals surface area contributed by atoms with Gasteiger partial charge in [-0.1, -0.05) is 18.2 Å². The summed E-state index contributed by atoms with van der Waals surface area (Å²) in [5, 5.41) is 9.04. The van der Waals surface area contributed by atoms with Gasteiger partial charge in [0.15, 0.2) is 5.65 Å². The summed E-state index contributed by atoms with van der Waals surface area (Å²) in [5.41, 5.74) is 2.02. The van der Waals surface area contributed by atoms with Crippen LogP contribution in [0.2, 0.25) is 0 Å². The van der Waals surface area contributed by atoms with Crippen LogP contribution in [-0.2, 0) is 7.05 Å². The molecule has 1 atom stereocenters. The predicted molar refractivity (Wildman–Crippen MR) is 99.3 cm³/mol. The Bertz CT molecular complexity index is 847. The van der Waals surface area contributed by atoms with Crippen molar-refractivity contribution in [1.82, 2.24) is 19.7 Å². The molecule has 2 aromatic heterocycles. The lowest BCUT2D eigenvalue weighted by atomic mass is 10.0. The zero-order valence-electron chi connectivity index (χ0n) is 13.5. The molecule has 3 heterocycles. The lowest BCUT2D eigenvalue weighted by Gasteiger charge is -2.34. The van der Waals surface area contributed by atoms with Crippen molar-refractivity contribution in [2.45, 2.75) is 18.9 Å². The minimum absolute atomic E-state index is 0.404. The Morgan fingerprint density at radius 1 is 1.21 bits per heavy atom. The highest BCUT2D eigenvalue weighted by atomic mass is 79.9. The quantitative estimate of drug-likeness (QED) is 0.748. The van der Waals surface area contributed by atoms with E-state index in [1.54, 1.807) is 11.0 Å². The van der Waals surface area contributed by atoms with E-state index in [4.69, 9.17) is 0 Å². The van der Waals surface area contributed by atoms with Gasteiger partial charge in [-0.15, -0.1) is 0 Å². The summed E-state index contributed by atoms with van der Waals surface area (Å²) in [4.78, 5) is 11.2. The van der Waals surface area contributed by atoms with Gasteiger partial charge in [0.1, 0.15) is 16.7 Å². The first-order valence-corrected chi connectivity index (χ1v) is 8.91. The second-order valence-corrected chi connectivity index (χ2v) is 6.86. The number of halogens is 1. The minimum Gasteiger partial charge on any atom is -0.381 e. The van der Waals surface area contributed by atoms with Gasteiger partial charge in [-0.05, 0) is 40.9 Å². The van der Waals surface area contributed by atoms with Crippen LogP contribution in [0.4, 0.5) is 11.5 Å². The zero-order chi connectivity index (χ0) is 16.5. The number of aromatic nitrogens is 4. The molecule has 24 heavy (non-hydrogen) atoms. The SMILES string of the molecule is Cn1nc(Br)c2c(N3CCCC(Nc4ccccc4)C3)ncnc21. The highest BCUT2D eigenvalue weighted by Gasteiger charge is 2.24. The molecule has 6 nitrogen and oxygen atoms in total. The first-order chi connectivity index (χ1) is 11.7. The molecule has 0 amide bonds. The van der Waals surface area contributed by atoms with E-state index in [1.807, 2.05) is 13.1 Å². The van der Waals surface area contributed by atoms with Gasteiger partial charge in [-0.2, -0.15) is 5.10 Å². The van der Waals surface area contributed by atoms with Crippen LogP contribution in [0.1, 0.15) is 12.8 Å². The van der Waals surface area contributed by atoms with Crippen molar-refractivity contribution in [1.29, 1.82) is 0 Å². The van der Waals surface area contributed by atoms with Crippen LogP contribution in [0.15, 0.2) is 41.3 Å². The monoisotopic (exact) mass is 386 g/mol. The van der Waals surface area contributed by atoms with Crippen LogP contribution in [0, 0.1) is 0 Å². The summed E-state index contributed by atoms with van der Waals surface area (Å²) in [6.07, 6.45) is 3.92. The lowest BCUT2D eigenvalue weighted by Crippen LogP contribution is -2.42. The molecule has 4 rings (SSSR count). The molecule has 0 bridgehead atoms. The van der Waals surface area contributed by atoms with Gasteiger partial charge >= 0.3 is 0 Å². The first-order valence-electron chi connectivity index (χ1n) is 8.12. The molecule has 1 saturated heterocycles. The number of hydrogen-bond acceptors (Lipinski definition) is 5. The molecular formula is C17H19BrN6. The van der Waals surface area contributed by atoms with Crippen LogP contribution < -0.4 is 10.2 Å². The number of hydrogen-bond donors (Lipinski definition) is 1. The number of rotatable bonds is 3. The van der Waals surface area contributed by atoms with E-state index in [1.165, 1.54) is 5.69 Å². The van der Waals surface area contributed by atoms with E-state index in [9.17, 15) is 0 Å². The summed E-state index contributed by atoms with van der Waals surface area (Å²) in [5.74, 6) is 0.958. The normalized spacial score (nSPS) is 18.1. The minimum atomic E-state index is 0.404. The van der Waals surface area contributed by atoms with Crippen LogP contribution in [0.5, 0.6) is 0 Å². The number of nitrogens with zero attached hydrogens (tertiary/aromatic N) is 5. The van der Waals surface area contributed by atoms with Crippen molar-refractivity contribution in [3.05, 3.63) is 41.3 Å². The van der Waals surface area contributed by atoms with Crippen molar-refractivity contribution in [3.63, 3.8) is 0 Å². The molecule has 1 fully saturated rings. The maximum Gasteiger partial charge on any atom is 0.164 e. The Hall–Kier alpha value is -2.15. The van der Waals surface area contributed by atoms with Crippen LogP contribution in [0.25, 0.3) is 11.0 Å². The van der Waals surface area contributed by atoms with Crippen LogP contribution >= 0.6 is 15.9 Å². The maximum atomic E-state index is 4.55. The Labute approximate surface area is 149 Å². The molecule has 1 aliphatic rings.